The van der Waals surface area contributed by atoms with E-state index in [4.69, 9.17) is 9.84 Å². The van der Waals surface area contributed by atoms with Crippen molar-refractivity contribution in [3.8, 4) is 0 Å². The Morgan fingerprint density at radius 2 is 2.17 bits per heavy atom. The van der Waals surface area contributed by atoms with Gasteiger partial charge in [0.05, 0.1) is 6.61 Å². The first-order valence-electron chi connectivity index (χ1n) is 5.35. The van der Waals surface area contributed by atoms with Gasteiger partial charge < -0.3 is 20.1 Å². The predicted molar refractivity (Wildman–Crippen MR) is 58.9 cm³/mol. The lowest BCUT2D eigenvalue weighted by molar-refractivity contribution is -0.117. The molecule has 8 heteroatoms. The third-order valence-electron chi connectivity index (χ3n) is 3.07. The van der Waals surface area contributed by atoms with Gasteiger partial charge >= 0.3 is 5.69 Å². The van der Waals surface area contributed by atoms with E-state index in [1.165, 1.54) is 6.92 Å². The van der Waals surface area contributed by atoms with Crippen molar-refractivity contribution in [2.45, 2.75) is 31.0 Å². The van der Waals surface area contributed by atoms with Gasteiger partial charge in [-0.2, -0.15) is 0 Å². The molecule has 1 aromatic rings. The van der Waals surface area contributed by atoms with Gasteiger partial charge in [-0.3, -0.25) is 14.3 Å². The minimum absolute atomic E-state index is 0.514. The van der Waals surface area contributed by atoms with E-state index < -0.39 is 41.9 Å². The summed E-state index contributed by atoms with van der Waals surface area (Å²) in [5, 5.41) is 28.8. The Kier molecular flexibility index (Phi) is 3.11. The number of aromatic nitrogens is 2. The van der Waals surface area contributed by atoms with Gasteiger partial charge in [-0.1, -0.05) is 0 Å². The molecule has 0 spiro atoms. The fraction of sp³-hybridized carbons (Fsp3) is 0.600. The zero-order valence-corrected chi connectivity index (χ0v) is 9.61. The highest BCUT2D eigenvalue weighted by atomic mass is 16.6. The van der Waals surface area contributed by atoms with Crippen molar-refractivity contribution in [2.75, 3.05) is 6.61 Å². The summed E-state index contributed by atoms with van der Waals surface area (Å²) in [6.45, 7) is 0.900. The maximum absolute atomic E-state index is 11.6. The highest BCUT2D eigenvalue weighted by Gasteiger charge is 2.51. The number of ether oxygens (including phenoxy) is 1. The van der Waals surface area contributed by atoms with Crippen LogP contribution in [0.5, 0.6) is 0 Å². The molecule has 0 aromatic carbocycles. The molecule has 2 rings (SSSR count). The summed E-state index contributed by atoms with van der Waals surface area (Å²) in [5.41, 5.74) is -2.70. The van der Waals surface area contributed by atoms with E-state index >= 15 is 0 Å². The number of rotatable bonds is 2. The molecule has 2 heterocycles. The Bertz CT molecular complexity index is 552. The maximum atomic E-state index is 11.6. The molecular formula is C10H14N2O6. The van der Waals surface area contributed by atoms with Crippen LogP contribution in [0.2, 0.25) is 0 Å². The number of H-pyrrole nitrogens is 1. The van der Waals surface area contributed by atoms with Gasteiger partial charge in [0.25, 0.3) is 5.56 Å². The average molecular weight is 258 g/mol. The summed E-state index contributed by atoms with van der Waals surface area (Å²) >= 11 is 0. The quantitative estimate of drug-likeness (QED) is 0.466. The molecule has 8 nitrogen and oxygen atoms in total. The minimum Gasteiger partial charge on any atom is -0.393 e. The van der Waals surface area contributed by atoms with Crippen molar-refractivity contribution in [3.63, 3.8) is 0 Å². The summed E-state index contributed by atoms with van der Waals surface area (Å²) in [5.74, 6) is 0. The number of nitrogens with zero attached hydrogens (tertiary/aromatic N) is 1. The van der Waals surface area contributed by atoms with Crippen LogP contribution in [0.1, 0.15) is 13.2 Å². The third kappa shape index (κ3) is 1.89. The SMILES string of the molecule is C[C@@]1(CO)O[C@H](n2ccc(=O)[nH]c2=O)C(O)C1O. The third-order valence-corrected chi connectivity index (χ3v) is 3.07. The van der Waals surface area contributed by atoms with Crippen molar-refractivity contribution < 1.29 is 20.1 Å². The van der Waals surface area contributed by atoms with E-state index in [-0.39, 0.29) is 0 Å². The van der Waals surface area contributed by atoms with Gasteiger partial charge in [0.15, 0.2) is 6.23 Å². The number of aliphatic hydroxyl groups is 3. The number of nitrogens with one attached hydrogen (secondary N) is 1. The first-order valence-corrected chi connectivity index (χ1v) is 5.35. The molecule has 4 atom stereocenters. The molecule has 0 saturated carbocycles. The highest BCUT2D eigenvalue weighted by Crippen LogP contribution is 2.35. The Labute approximate surface area is 101 Å². The molecule has 1 fully saturated rings. The fourth-order valence-corrected chi connectivity index (χ4v) is 1.91. The van der Waals surface area contributed by atoms with Gasteiger partial charge in [0, 0.05) is 12.3 Å². The van der Waals surface area contributed by atoms with Crippen LogP contribution in [0, 0.1) is 0 Å². The van der Waals surface area contributed by atoms with E-state index in [1.54, 1.807) is 0 Å². The lowest BCUT2D eigenvalue weighted by Crippen LogP contribution is -2.43. The molecule has 18 heavy (non-hydrogen) atoms. The first-order chi connectivity index (χ1) is 8.39. The molecule has 0 radical (unpaired) electrons. The second-order valence-corrected chi connectivity index (χ2v) is 4.43. The summed E-state index contributed by atoms with van der Waals surface area (Å²) in [6.07, 6.45) is -2.73. The molecule has 100 valence electrons. The van der Waals surface area contributed by atoms with E-state index in [0.29, 0.717) is 0 Å². The zero-order chi connectivity index (χ0) is 13.5. The number of hydrogen-bond acceptors (Lipinski definition) is 6. The second-order valence-electron chi connectivity index (χ2n) is 4.43. The van der Waals surface area contributed by atoms with Gasteiger partial charge in [0.2, 0.25) is 0 Å². The van der Waals surface area contributed by atoms with Crippen molar-refractivity contribution >= 4 is 0 Å². The predicted octanol–water partition coefficient (Wildman–Crippen LogP) is -2.46. The van der Waals surface area contributed by atoms with E-state index in [1.807, 2.05) is 4.98 Å². The van der Waals surface area contributed by atoms with Crippen molar-refractivity contribution in [2.24, 2.45) is 0 Å². The monoisotopic (exact) mass is 258 g/mol. The van der Waals surface area contributed by atoms with Crippen LogP contribution in [0.3, 0.4) is 0 Å². The van der Waals surface area contributed by atoms with Crippen LogP contribution in [0.25, 0.3) is 0 Å². The standard InChI is InChI=1S/C10H14N2O6/c1-10(4-13)7(16)6(15)8(18-10)12-3-2-5(14)11-9(12)17/h2-3,6-8,13,15-16H,4H2,1H3,(H,11,14,17)/t6?,7?,8-,10-/m0/s1. The van der Waals surface area contributed by atoms with Crippen molar-refractivity contribution in [3.05, 3.63) is 33.1 Å². The van der Waals surface area contributed by atoms with Crippen molar-refractivity contribution in [1.29, 1.82) is 0 Å². The van der Waals surface area contributed by atoms with Crippen LogP contribution < -0.4 is 11.2 Å². The molecule has 1 aliphatic rings. The van der Waals surface area contributed by atoms with Gasteiger partial charge in [-0.15, -0.1) is 0 Å². The summed E-state index contributed by atoms with van der Waals surface area (Å²) < 4.78 is 6.27. The Morgan fingerprint density at radius 1 is 1.50 bits per heavy atom. The van der Waals surface area contributed by atoms with Crippen LogP contribution in [-0.2, 0) is 4.74 Å². The average Bonchev–Trinajstić information content (AvgIpc) is 2.55. The molecule has 2 unspecified atom stereocenters. The van der Waals surface area contributed by atoms with E-state index in [2.05, 4.69) is 0 Å². The van der Waals surface area contributed by atoms with Crippen LogP contribution in [-0.4, -0.2) is 49.3 Å². The molecule has 4 N–H and O–H groups in total. The molecule has 0 aliphatic carbocycles. The van der Waals surface area contributed by atoms with Gasteiger partial charge in [-0.25, -0.2) is 4.79 Å². The van der Waals surface area contributed by atoms with E-state index in [9.17, 15) is 19.8 Å². The summed E-state index contributed by atoms with van der Waals surface area (Å²) in [6, 6.07) is 1.10. The lowest BCUT2D eigenvalue weighted by Gasteiger charge is -2.24. The summed E-state index contributed by atoms with van der Waals surface area (Å²) in [7, 11) is 0. The van der Waals surface area contributed by atoms with E-state index in [0.717, 1.165) is 16.8 Å². The number of hydrogen-bond donors (Lipinski definition) is 4. The Hall–Kier alpha value is -1.48. The fourth-order valence-electron chi connectivity index (χ4n) is 1.91. The maximum Gasteiger partial charge on any atom is 0.330 e. The van der Waals surface area contributed by atoms with Crippen molar-refractivity contribution in [1.82, 2.24) is 9.55 Å². The largest absolute Gasteiger partial charge is 0.393 e. The van der Waals surface area contributed by atoms with Gasteiger partial charge in [0.1, 0.15) is 17.8 Å². The highest BCUT2D eigenvalue weighted by molar-refractivity contribution is 4.99. The normalized spacial score (nSPS) is 35.9. The smallest absolute Gasteiger partial charge is 0.330 e. The molecule has 1 aromatic heterocycles. The van der Waals surface area contributed by atoms with Gasteiger partial charge in [-0.05, 0) is 6.92 Å². The van der Waals surface area contributed by atoms with Crippen LogP contribution in [0.15, 0.2) is 21.9 Å². The zero-order valence-electron chi connectivity index (χ0n) is 9.61. The molecular weight excluding hydrogens is 244 g/mol. The number of aromatic amines is 1. The Morgan fingerprint density at radius 3 is 2.67 bits per heavy atom. The molecule has 1 aliphatic heterocycles. The lowest BCUT2D eigenvalue weighted by atomic mass is 9.99. The summed E-state index contributed by atoms with van der Waals surface area (Å²) in [4.78, 5) is 24.5. The first kappa shape index (κ1) is 13.0. The molecule has 0 amide bonds. The minimum atomic E-state index is -1.38. The molecule has 0 bridgehead atoms. The van der Waals surface area contributed by atoms with Crippen LogP contribution in [0.4, 0.5) is 0 Å². The topological polar surface area (TPSA) is 125 Å². The second kappa shape index (κ2) is 4.32. The van der Waals surface area contributed by atoms with Crippen LogP contribution >= 0.6 is 0 Å². The number of aliphatic hydroxyl groups excluding tert-OH is 3. The molecule has 1 saturated heterocycles. The Balaban J connectivity index is 2.41.